The van der Waals surface area contributed by atoms with Gasteiger partial charge in [-0.05, 0) is 31.5 Å². The number of hydrogen-bond acceptors (Lipinski definition) is 1. The maximum Gasteiger partial charge on any atom is 0.112 e. The van der Waals surface area contributed by atoms with Crippen molar-refractivity contribution in [1.82, 2.24) is 4.90 Å². The van der Waals surface area contributed by atoms with Crippen LogP contribution in [-0.2, 0) is 0 Å². The second-order valence-corrected chi connectivity index (χ2v) is 3.92. The van der Waals surface area contributed by atoms with E-state index in [0.717, 1.165) is 25.2 Å². The fourth-order valence-electron chi connectivity index (χ4n) is 1.81. The van der Waals surface area contributed by atoms with Gasteiger partial charge in [0.05, 0.1) is 0 Å². The highest BCUT2D eigenvalue weighted by molar-refractivity contribution is 5.17. The molecule has 1 fully saturated rings. The Labute approximate surface area is 92.0 Å². The van der Waals surface area contributed by atoms with Gasteiger partial charge in [-0.3, -0.25) is 4.90 Å². The summed E-state index contributed by atoms with van der Waals surface area (Å²) in [5.41, 5.74) is 0.856. The first-order valence-corrected chi connectivity index (χ1v) is 5.62. The van der Waals surface area contributed by atoms with Gasteiger partial charge in [-0.1, -0.05) is 37.3 Å². The number of nitrogens with zero attached hydrogens (tertiary/aromatic N) is 1. The Morgan fingerprint density at radius 2 is 1.93 bits per heavy atom. The predicted molar refractivity (Wildman–Crippen MR) is 63.7 cm³/mol. The van der Waals surface area contributed by atoms with Crippen LogP contribution in [0.3, 0.4) is 0 Å². The normalized spacial score (nSPS) is 19.7. The Hall–Kier alpha value is -0.890. The van der Waals surface area contributed by atoms with Crippen LogP contribution in [0.1, 0.15) is 19.3 Å². The number of halogens is 1. The van der Waals surface area contributed by atoms with E-state index in [4.69, 9.17) is 0 Å². The standard InChI is InChI=1S/C13H20FN/c1-2-3-5-8-13(11-14)12-15-9-6-4-7-10-15/h2-3,5,8H,1,4,6-7,9-12H2. The molecule has 0 amide bonds. The summed E-state index contributed by atoms with van der Waals surface area (Å²) in [6.45, 7) is 6.23. The minimum Gasteiger partial charge on any atom is -0.299 e. The van der Waals surface area contributed by atoms with Crippen molar-refractivity contribution in [3.05, 3.63) is 36.5 Å². The van der Waals surface area contributed by atoms with E-state index in [1.807, 2.05) is 18.2 Å². The molecule has 0 aromatic rings. The molecule has 0 unspecified atom stereocenters. The minimum absolute atomic E-state index is 0.349. The van der Waals surface area contributed by atoms with Gasteiger partial charge in [0.15, 0.2) is 0 Å². The van der Waals surface area contributed by atoms with Crippen molar-refractivity contribution >= 4 is 0 Å². The van der Waals surface area contributed by atoms with Crippen molar-refractivity contribution < 1.29 is 4.39 Å². The summed E-state index contributed by atoms with van der Waals surface area (Å²) in [5, 5.41) is 0. The lowest BCUT2D eigenvalue weighted by molar-refractivity contribution is 0.242. The Bertz CT molecular complexity index is 237. The third-order valence-electron chi connectivity index (χ3n) is 2.63. The summed E-state index contributed by atoms with van der Waals surface area (Å²) in [4.78, 5) is 2.33. The zero-order valence-corrected chi connectivity index (χ0v) is 9.29. The Morgan fingerprint density at radius 1 is 1.20 bits per heavy atom. The third kappa shape index (κ3) is 4.93. The molecule has 1 aliphatic heterocycles. The van der Waals surface area contributed by atoms with E-state index in [9.17, 15) is 4.39 Å². The molecule has 0 saturated carbocycles. The van der Waals surface area contributed by atoms with Crippen molar-refractivity contribution in [1.29, 1.82) is 0 Å². The van der Waals surface area contributed by atoms with Crippen molar-refractivity contribution in [2.45, 2.75) is 19.3 Å². The van der Waals surface area contributed by atoms with Gasteiger partial charge in [0.2, 0.25) is 0 Å². The van der Waals surface area contributed by atoms with Crippen LogP contribution in [0.15, 0.2) is 36.5 Å². The topological polar surface area (TPSA) is 3.24 Å². The van der Waals surface area contributed by atoms with Gasteiger partial charge in [0.25, 0.3) is 0 Å². The van der Waals surface area contributed by atoms with Crippen molar-refractivity contribution in [3.63, 3.8) is 0 Å². The smallest absolute Gasteiger partial charge is 0.112 e. The van der Waals surface area contributed by atoms with Gasteiger partial charge in [-0.2, -0.15) is 0 Å². The Morgan fingerprint density at radius 3 is 2.53 bits per heavy atom. The molecule has 1 saturated heterocycles. The summed E-state index contributed by atoms with van der Waals surface area (Å²) in [5.74, 6) is 0. The summed E-state index contributed by atoms with van der Waals surface area (Å²) in [6.07, 6.45) is 11.1. The zero-order chi connectivity index (χ0) is 10.9. The fraction of sp³-hybridized carbons (Fsp3) is 0.538. The highest BCUT2D eigenvalue weighted by atomic mass is 19.1. The number of alkyl halides is 1. The van der Waals surface area contributed by atoms with E-state index in [1.54, 1.807) is 6.08 Å². The molecular weight excluding hydrogens is 189 g/mol. The van der Waals surface area contributed by atoms with Crippen LogP contribution in [0.5, 0.6) is 0 Å². The van der Waals surface area contributed by atoms with Crippen molar-refractivity contribution in [2.24, 2.45) is 0 Å². The lowest BCUT2D eigenvalue weighted by atomic mass is 10.1. The molecule has 1 heterocycles. The predicted octanol–water partition coefficient (Wildman–Crippen LogP) is 3.11. The van der Waals surface area contributed by atoms with E-state index in [2.05, 4.69) is 11.5 Å². The molecule has 0 bridgehead atoms. The number of allylic oxidation sites excluding steroid dienone is 4. The molecule has 2 heteroatoms. The quantitative estimate of drug-likeness (QED) is 0.629. The number of likely N-dealkylation sites (tertiary alicyclic amines) is 1. The van der Waals surface area contributed by atoms with Gasteiger partial charge in [-0.15, -0.1) is 0 Å². The van der Waals surface area contributed by atoms with Crippen LogP contribution in [0.4, 0.5) is 4.39 Å². The van der Waals surface area contributed by atoms with Crippen molar-refractivity contribution in [2.75, 3.05) is 26.3 Å². The lowest BCUT2D eigenvalue weighted by Gasteiger charge is -2.26. The summed E-state index contributed by atoms with van der Waals surface area (Å²) < 4.78 is 12.7. The average molecular weight is 209 g/mol. The van der Waals surface area contributed by atoms with E-state index < -0.39 is 0 Å². The molecule has 0 spiro atoms. The zero-order valence-electron chi connectivity index (χ0n) is 9.29. The van der Waals surface area contributed by atoms with E-state index in [-0.39, 0.29) is 6.67 Å². The Kier molecular flexibility index (Phi) is 6.02. The van der Waals surface area contributed by atoms with E-state index >= 15 is 0 Å². The fourth-order valence-corrected chi connectivity index (χ4v) is 1.81. The molecule has 0 aromatic carbocycles. The highest BCUT2D eigenvalue weighted by Crippen LogP contribution is 2.11. The number of hydrogen-bond donors (Lipinski definition) is 0. The third-order valence-corrected chi connectivity index (χ3v) is 2.63. The molecule has 0 aliphatic carbocycles. The molecule has 15 heavy (non-hydrogen) atoms. The lowest BCUT2D eigenvalue weighted by Crippen LogP contribution is -2.31. The minimum atomic E-state index is -0.349. The SMILES string of the molecule is C=CC=CC=C(CF)CN1CCCCC1. The second-order valence-electron chi connectivity index (χ2n) is 3.92. The molecule has 1 nitrogen and oxygen atoms in total. The molecular formula is C13H20FN. The number of rotatable bonds is 5. The molecule has 0 N–H and O–H groups in total. The van der Waals surface area contributed by atoms with Crippen LogP contribution in [0, 0.1) is 0 Å². The van der Waals surface area contributed by atoms with Gasteiger partial charge in [-0.25, -0.2) is 4.39 Å². The molecule has 1 rings (SSSR count). The van der Waals surface area contributed by atoms with E-state index in [1.165, 1.54) is 19.3 Å². The first-order chi connectivity index (χ1) is 7.36. The van der Waals surface area contributed by atoms with Crippen LogP contribution >= 0.6 is 0 Å². The largest absolute Gasteiger partial charge is 0.299 e. The molecule has 0 atom stereocenters. The summed E-state index contributed by atoms with van der Waals surface area (Å²) in [7, 11) is 0. The summed E-state index contributed by atoms with van der Waals surface area (Å²) in [6, 6.07) is 0. The molecule has 84 valence electrons. The van der Waals surface area contributed by atoms with Gasteiger partial charge >= 0.3 is 0 Å². The monoisotopic (exact) mass is 209 g/mol. The van der Waals surface area contributed by atoms with Crippen LogP contribution in [-0.4, -0.2) is 31.2 Å². The van der Waals surface area contributed by atoms with Gasteiger partial charge in [0, 0.05) is 6.54 Å². The summed E-state index contributed by atoms with van der Waals surface area (Å²) >= 11 is 0. The van der Waals surface area contributed by atoms with E-state index in [0.29, 0.717) is 0 Å². The second kappa shape index (κ2) is 7.41. The number of piperidine rings is 1. The maximum atomic E-state index is 12.7. The van der Waals surface area contributed by atoms with Crippen LogP contribution < -0.4 is 0 Å². The van der Waals surface area contributed by atoms with Gasteiger partial charge in [0.1, 0.15) is 6.67 Å². The van der Waals surface area contributed by atoms with Crippen LogP contribution in [0.2, 0.25) is 0 Å². The highest BCUT2D eigenvalue weighted by Gasteiger charge is 2.10. The Balaban J connectivity index is 2.40. The maximum absolute atomic E-state index is 12.7. The first-order valence-electron chi connectivity index (χ1n) is 5.62. The van der Waals surface area contributed by atoms with Crippen LogP contribution in [0.25, 0.3) is 0 Å². The molecule has 0 aromatic heterocycles. The molecule has 1 aliphatic rings. The average Bonchev–Trinajstić information content (AvgIpc) is 2.29. The van der Waals surface area contributed by atoms with Gasteiger partial charge < -0.3 is 0 Å². The first kappa shape index (κ1) is 12.2. The molecule has 0 radical (unpaired) electrons. The van der Waals surface area contributed by atoms with Crippen molar-refractivity contribution in [3.8, 4) is 0 Å².